The second kappa shape index (κ2) is 12.4. The molecule has 6 aromatic rings. The molecule has 0 aromatic heterocycles. The smallest absolute Gasteiger partial charge is 0.131 e. The van der Waals surface area contributed by atoms with E-state index in [1.165, 1.54) is 0 Å². The van der Waals surface area contributed by atoms with Crippen LogP contribution in [0.4, 0.5) is 17.1 Å². The average Bonchev–Trinajstić information content (AvgIpc) is 2.98. The van der Waals surface area contributed by atoms with E-state index in [1.54, 1.807) is 0 Å². The molecule has 5 heteroatoms. The molecule has 0 fully saturated rings. The van der Waals surface area contributed by atoms with E-state index in [1.807, 2.05) is 66.7 Å². The first-order valence-corrected chi connectivity index (χ1v) is 15.1. The summed E-state index contributed by atoms with van der Waals surface area (Å²) >= 11 is 14.0. The summed E-state index contributed by atoms with van der Waals surface area (Å²) in [6.45, 7) is 0. The molecular formula is C36H24Br2ClNO. The van der Waals surface area contributed by atoms with Gasteiger partial charge in [-0.15, -0.1) is 0 Å². The minimum Gasteiger partial charge on any atom is -0.457 e. The third-order valence-corrected chi connectivity index (χ3v) is 7.85. The van der Waals surface area contributed by atoms with Crippen LogP contribution in [0.5, 0.6) is 11.5 Å². The summed E-state index contributed by atoms with van der Waals surface area (Å²) < 4.78 is 8.23. The molecule has 0 heterocycles. The third-order valence-electron chi connectivity index (χ3n) is 6.64. The predicted octanol–water partition coefficient (Wildman–Crippen LogP) is 12.5. The Morgan fingerprint density at radius 3 is 1.68 bits per heavy atom. The van der Waals surface area contributed by atoms with E-state index >= 15 is 0 Å². The lowest BCUT2D eigenvalue weighted by molar-refractivity contribution is 0.482. The number of hydrogen-bond acceptors (Lipinski definition) is 2. The van der Waals surface area contributed by atoms with Crippen LogP contribution in [0.25, 0.3) is 22.3 Å². The Kier molecular flexibility index (Phi) is 8.24. The molecule has 0 aliphatic heterocycles. The van der Waals surface area contributed by atoms with Crippen molar-refractivity contribution in [2.75, 3.05) is 4.90 Å². The van der Waals surface area contributed by atoms with Crippen molar-refractivity contribution < 1.29 is 4.74 Å². The molecule has 0 atom stereocenters. The van der Waals surface area contributed by atoms with E-state index in [4.69, 9.17) is 16.3 Å². The molecule has 0 unspecified atom stereocenters. The van der Waals surface area contributed by atoms with Crippen molar-refractivity contribution in [3.63, 3.8) is 0 Å². The Hall–Kier alpha value is -3.83. The van der Waals surface area contributed by atoms with Crippen LogP contribution in [-0.4, -0.2) is 0 Å². The van der Waals surface area contributed by atoms with E-state index in [0.717, 1.165) is 54.0 Å². The van der Waals surface area contributed by atoms with Crippen LogP contribution >= 0.6 is 43.5 Å². The highest BCUT2D eigenvalue weighted by Gasteiger charge is 2.23. The van der Waals surface area contributed by atoms with Crippen molar-refractivity contribution in [3.05, 3.63) is 160 Å². The highest BCUT2D eigenvalue weighted by atomic mass is 79.9. The van der Waals surface area contributed by atoms with Gasteiger partial charge in [-0.3, -0.25) is 0 Å². The van der Waals surface area contributed by atoms with E-state index in [2.05, 4.69) is 116 Å². The van der Waals surface area contributed by atoms with E-state index in [9.17, 15) is 0 Å². The van der Waals surface area contributed by atoms with Crippen molar-refractivity contribution >= 4 is 60.5 Å². The molecule has 0 aliphatic rings. The van der Waals surface area contributed by atoms with Gasteiger partial charge in [0.05, 0.1) is 11.4 Å². The molecule has 0 N–H and O–H groups in total. The fraction of sp³-hybridized carbons (Fsp3) is 0. The van der Waals surface area contributed by atoms with Gasteiger partial charge in [0, 0.05) is 36.8 Å². The van der Waals surface area contributed by atoms with Gasteiger partial charge in [-0.25, -0.2) is 0 Å². The predicted molar refractivity (Wildman–Crippen MR) is 179 cm³/mol. The van der Waals surface area contributed by atoms with Gasteiger partial charge < -0.3 is 9.64 Å². The Bertz CT molecular complexity index is 1750. The van der Waals surface area contributed by atoms with Gasteiger partial charge in [0.1, 0.15) is 11.5 Å². The first-order chi connectivity index (χ1) is 20.0. The summed E-state index contributed by atoms with van der Waals surface area (Å²) in [4.78, 5) is 2.26. The van der Waals surface area contributed by atoms with E-state index in [0.29, 0.717) is 10.8 Å². The number of anilines is 3. The molecule has 0 amide bonds. The van der Waals surface area contributed by atoms with Crippen molar-refractivity contribution in [2.45, 2.75) is 0 Å². The molecule has 0 bridgehead atoms. The Balaban J connectivity index is 1.62. The maximum atomic E-state index is 6.79. The van der Waals surface area contributed by atoms with Crippen molar-refractivity contribution in [3.8, 4) is 33.8 Å². The number of rotatable bonds is 7. The second-order valence-corrected chi connectivity index (χ2v) is 11.7. The molecule has 0 spiro atoms. The van der Waals surface area contributed by atoms with Gasteiger partial charge in [0.2, 0.25) is 0 Å². The highest BCUT2D eigenvalue weighted by Crippen LogP contribution is 2.48. The molecule has 200 valence electrons. The van der Waals surface area contributed by atoms with Crippen LogP contribution in [0, 0.1) is 0 Å². The molecule has 0 saturated carbocycles. The summed E-state index contributed by atoms with van der Waals surface area (Å²) in [6.07, 6.45) is 0. The largest absolute Gasteiger partial charge is 0.457 e. The van der Waals surface area contributed by atoms with E-state index in [-0.39, 0.29) is 0 Å². The first kappa shape index (κ1) is 27.3. The number of nitrogens with zero attached hydrogens (tertiary/aromatic N) is 1. The normalized spacial score (nSPS) is 10.8. The fourth-order valence-electron chi connectivity index (χ4n) is 4.91. The summed E-state index contributed by atoms with van der Waals surface area (Å²) in [5.41, 5.74) is 7.33. The monoisotopic (exact) mass is 679 g/mol. The molecular weight excluding hydrogens is 658 g/mol. The SMILES string of the molecule is Clc1cc(Oc2cccc(Br)c2)cc(N(c2cccc(Br)c2)c2c(-c3ccccc3)cccc2-c2ccccc2)c1. The Morgan fingerprint density at radius 1 is 0.488 bits per heavy atom. The number of ether oxygens (including phenoxy) is 1. The lowest BCUT2D eigenvalue weighted by Crippen LogP contribution is -2.13. The molecule has 41 heavy (non-hydrogen) atoms. The maximum absolute atomic E-state index is 6.79. The van der Waals surface area contributed by atoms with E-state index < -0.39 is 0 Å². The zero-order valence-electron chi connectivity index (χ0n) is 21.8. The van der Waals surface area contributed by atoms with Crippen molar-refractivity contribution in [1.82, 2.24) is 0 Å². The lowest BCUT2D eigenvalue weighted by Gasteiger charge is -2.31. The number of hydrogen-bond donors (Lipinski definition) is 0. The van der Waals surface area contributed by atoms with Crippen LogP contribution < -0.4 is 9.64 Å². The van der Waals surface area contributed by atoms with Gasteiger partial charge in [0.15, 0.2) is 0 Å². The molecule has 6 rings (SSSR count). The van der Waals surface area contributed by atoms with Crippen molar-refractivity contribution in [2.24, 2.45) is 0 Å². The molecule has 2 nitrogen and oxygen atoms in total. The highest BCUT2D eigenvalue weighted by molar-refractivity contribution is 9.10. The number of benzene rings is 6. The van der Waals surface area contributed by atoms with Crippen LogP contribution in [-0.2, 0) is 0 Å². The third kappa shape index (κ3) is 6.25. The Labute approximate surface area is 262 Å². The minimum atomic E-state index is 0.575. The summed E-state index contributed by atoms with van der Waals surface area (Å²) in [5, 5.41) is 0.575. The molecule has 0 aliphatic carbocycles. The summed E-state index contributed by atoms with van der Waals surface area (Å²) in [7, 11) is 0. The van der Waals surface area contributed by atoms with Gasteiger partial charge in [-0.1, -0.05) is 134 Å². The average molecular weight is 682 g/mol. The van der Waals surface area contributed by atoms with Gasteiger partial charge >= 0.3 is 0 Å². The van der Waals surface area contributed by atoms with Crippen molar-refractivity contribution in [1.29, 1.82) is 0 Å². The fourth-order valence-corrected chi connectivity index (χ4v) is 5.90. The van der Waals surface area contributed by atoms with Gasteiger partial charge in [-0.05, 0) is 59.7 Å². The molecule has 0 saturated heterocycles. The Morgan fingerprint density at radius 2 is 1.07 bits per heavy atom. The molecule has 6 aromatic carbocycles. The number of para-hydroxylation sites is 1. The van der Waals surface area contributed by atoms with Gasteiger partial charge in [-0.2, -0.15) is 0 Å². The second-order valence-electron chi connectivity index (χ2n) is 9.45. The zero-order chi connectivity index (χ0) is 28.2. The first-order valence-electron chi connectivity index (χ1n) is 13.1. The lowest BCUT2D eigenvalue weighted by atomic mass is 9.94. The quantitative estimate of drug-likeness (QED) is 0.166. The van der Waals surface area contributed by atoms with Crippen LogP contribution in [0.2, 0.25) is 5.02 Å². The summed E-state index contributed by atoms with van der Waals surface area (Å²) in [5.74, 6) is 1.36. The van der Waals surface area contributed by atoms with Crippen LogP contribution in [0.1, 0.15) is 0 Å². The maximum Gasteiger partial charge on any atom is 0.131 e. The minimum absolute atomic E-state index is 0.575. The van der Waals surface area contributed by atoms with Crippen LogP contribution in [0.3, 0.4) is 0 Å². The number of halogens is 3. The summed E-state index contributed by atoms with van der Waals surface area (Å²) in [6, 6.07) is 49.3. The molecule has 0 radical (unpaired) electrons. The topological polar surface area (TPSA) is 12.5 Å². The van der Waals surface area contributed by atoms with Gasteiger partial charge in [0.25, 0.3) is 0 Å². The zero-order valence-corrected chi connectivity index (χ0v) is 25.8. The van der Waals surface area contributed by atoms with Crippen LogP contribution in [0.15, 0.2) is 155 Å². The standard InChI is InChI=1S/C36H24Br2ClNO/c37-27-14-7-16-30(20-27)40(31-22-29(39)23-33(24-31)41-32-17-8-15-28(38)21-32)36-34(25-10-3-1-4-11-25)18-9-19-35(36)26-12-5-2-6-13-26/h1-24H.